The van der Waals surface area contributed by atoms with Gasteiger partial charge in [-0.1, -0.05) is 0 Å². The fourth-order valence-electron chi connectivity index (χ4n) is 2.61. The van der Waals surface area contributed by atoms with E-state index in [2.05, 4.69) is 16.3 Å². The van der Waals surface area contributed by atoms with Gasteiger partial charge in [0.05, 0.1) is 12.0 Å². The quantitative estimate of drug-likeness (QED) is 0.900. The summed E-state index contributed by atoms with van der Waals surface area (Å²) < 4.78 is 5.18. The first-order valence-electron chi connectivity index (χ1n) is 6.59. The SMILES string of the molecule is Cc1cc(C2CCCN(C(=O)c3ccco3)C2)n[nH]1. The van der Waals surface area contributed by atoms with Crippen LogP contribution in [-0.2, 0) is 0 Å². The second-order valence-corrected chi connectivity index (χ2v) is 5.04. The molecule has 1 unspecified atom stereocenters. The molecule has 0 aromatic carbocycles. The van der Waals surface area contributed by atoms with Crippen molar-refractivity contribution in [2.75, 3.05) is 13.1 Å². The average Bonchev–Trinajstić information content (AvgIpc) is 3.09. The Labute approximate surface area is 111 Å². The van der Waals surface area contributed by atoms with Crippen LogP contribution in [0.5, 0.6) is 0 Å². The number of carbonyl (C=O) groups is 1. The van der Waals surface area contributed by atoms with Crippen molar-refractivity contribution < 1.29 is 9.21 Å². The van der Waals surface area contributed by atoms with E-state index in [-0.39, 0.29) is 5.91 Å². The number of amides is 1. The van der Waals surface area contributed by atoms with Gasteiger partial charge in [-0.25, -0.2) is 0 Å². The summed E-state index contributed by atoms with van der Waals surface area (Å²) in [6.45, 7) is 3.49. The van der Waals surface area contributed by atoms with Crippen molar-refractivity contribution in [3.05, 3.63) is 41.6 Å². The van der Waals surface area contributed by atoms with Crippen LogP contribution in [0.25, 0.3) is 0 Å². The Morgan fingerprint density at radius 2 is 2.47 bits per heavy atom. The van der Waals surface area contributed by atoms with E-state index < -0.39 is 0 Å². The molecular formula is C14H17N3O2. The summed E-state index contributed by atoms with van der Waals surface area (Å²) in [5, 5.41) is 7.28. The minimum Gasteiger partial charge on any atom is -0.459 e. The Morgan fingerprint density at radius 3 is 3.16 bits per heavy atom. The van der Waals surface area contributed by atoms with Crippen molar-refractivity contribution >= 4 is 5.91 Å². The molecule has 19 heavy (non-hydrogen) atoms. The van der Waals surface area contributed by atoms with Gasteiger partial charge in [0.1, 0.15) is 0 Å². The number of likely N-dealkylation sites (tertiary alicyclic amines) is 1. The maximum absolute atomic E-state index is 12.2. The van der Waals surface area contributed by atoms with Crippen molar-refractivity contribution in [3.8, 4) is 0 Å². The number of aromatic nitrogens is 2. The van der Waals surface area contributed by atoms with E-state index in [1.165, 1.54) is 6.26 Å². The van der Waals surface area contributed by atoms with Gasteiger partial charge in [0.25, 0.3) is 5.91 Å². The second kappa shape index (κ2) is 4.91. The van der Waals surface area contributed by atoms with Crippen LogP contribution in [0.3, 0.4) is 0 Å². The van der Waals surface area contributed by atoms with Crippen LogP contribution in [0, 0.1) is 6.92 Å². The number of aromatic amines is 1. The Hall–Kier alpha value is -2.04. The topological polar surface area (TPSA) is 62.1 Å². The number of carbonyl (C=O) groups excluding carboxylic acids is 1. The Kier molecular flexibility index (Phi) is 3.11. The molecule has 0 bridgehead atoms. The molecule has 5 nitrogen and oxygen atoms in total. The lowest BCUT2D eigenvalue weighted by Gasteiger charge is -2.31. The van der Waals surface area contributed by atoms with E-state index in [0.29, 0.717) is 18.2 Å². The molecule has 0 aliphatic carbocycles. The molecule has 1 amide bonds. The molecule has 0 saturated carbocycles. The highest BCUT2D eigenvalue weighted by Gasteiger charge is 2.27. The number of nitrogens with zero attached hydrogens (tertiary/aromatic N) is 2. The summed E-state index contributed by atoms with van der Waals surface area (Å²) in [7, 11) is 0. The number of H-pyrrole nitrogens is 1. The van der Waals surface area contributed by atoms with Gasteiger partial charge in [-0.2, -0.15) is 5.10 Å². The predicted octanol–water partition coefficient (Wildman–Crippen LogP) is 2.33. The standard InChI is InChI=1S/C14H17N3O2/c1-10-8-12(16-15-10)11-4-2-6-17(9-11)14(18)13-5-3-7-19-13/h3,5,7-8,11H,2,4,6,9H2,1H3,(H,15,16). The molecule has 2 aromatic rings. The molecule has 1 saturated heterocycles. The molecule has 1 N–H and O–H groups in total. The lowest BCUT2D eigenvalue weighted by molar-refractivity contribution is 0.0673. The molecule has 100 valence electrons. The van der Waals surface area contributed by atoms with Crippen molar-refractivity contribution in [3.63, 3.8) is 0 Å². The molecular weight excluding hydrogens is 242 g/mol. The van der Waals surface area contributed by atoms with Gasteiger partial charge in [-0.3, -0.25) is 9.89 Å². The average molecular weight is 259 g/mol. The molecule has 5 heteroatoms. The van der Waals surface area contributed by atoms with E-state index in [4.69, 9.17) is 4.42 Å². The number of nitrogens with one attached hydrogen (secondary N) is 1. The number of hydrogen-bond acceptors (Lipinski definition) is 3. The first-order chi connectivity index (χ1) is 9.24. The van der Waals surface area contributed by atoms with E-state index in [0.717, 1.165) is 30.8 Å². The summed E-state index contributed by atoms with van der Waals surface area (Å²) in [6.07, 6.45) is 3.61. The molecule has 3 rings (SSSR count). The van der Waals surface area contributed by atoms with Gasteiger partial charge < -0.3 is 9.32 Å². The zero-order chi connectivity index (χ0) is 13.2. The number of rotatable bonds is 2. The van der Waals surface area contributed by atoms with Gasteiger partial charge in [-0.05, 0) is 38.0 Å². The summed E-state index contributed by atoms with van der Waals surface area (Å²) in [4.78, 5) is 14.1. The van der Waals surface area contributed by atoms with E-state index in [1.807, 2.05) is 11.8 Å². The Balaban J connectivity index is 1.73. The highest BCUT2D eigenvalue weighted by Crippen LogP contribution is 2.26. The van der Waals surface area contributed by atoms with Crippen LogP contribution in [0.2, 0.25) is 0 Å². The minimum atomic E-state index is -0.0260. The summed E-state index contributed by atoms with van der Waals surface area (Å²) in [5.41, 5.74) is 2.11. The highest BCUT2D eigenvalue weighted by atomic mass is 16.3. The smallest absolute Gasteiger partial charge is 0.289 e. The van der Waals surface area contributed by atoms with Crippen molar-refractivity contribution in [1.82, 2.24) is 15.1 Å². The third-order valence-corrected chi connectivity index (χ3v) is 3.58. The van der Waals surface area contributed by atoms with E-state index in [9.17, 15) is 4.79 Å². The molecule has 0 spiro atoms. The largest absolute Gasteiger partial charge is 0.459 e. The number of hydrogen-bond donors (Lipinski definition) is 1. The van der Waals surface area contributed by atoms with Gasteiger partial charge in [0, 0.05) is 24.7 Å². The molecule has 0 radical (unpaired) electrons. The molecule has 2 aromatic heterocycles. The maximum Gasteiger partial charge on any atom is 0.289 e. The van der Waals surface area contributed by atoms with Crippen LogP contribution >= 0.6 is 0 Å². The Bertz CT molecular complexity index is 559. The summed E-state index contributed by atoms with van der Waals surface area (Å²) in [5.74, 6) is 0.707. The van der Waals surface area contributed by atoms with Crippen LogP contribution in [-0.4, -0.2) is 34.1 Å². The van der Waals surface area contributed by atoms with Crippen LogP contribution < -0.4 is 0 Å². The predicted molar refractivity (Wildman–Crippen MR) is 69.9 cm³/mol. The maximum atomic E-state index is 12.2. The zero-order valence-electron chi connectivity index (χ0n) is 10.9. The first kappa shape index (κ1) is 12.0. The van der Waals surface area contributed by atoms with E-state index in [1.54, 1.807) is 12.1 Å². The van der Waals surface area contributed by atoms with Crippen LogP contribution in [0.4, 0.5) is 0 Å². The fraction of sp³-hybridized carbons (Fsp3) is 0.429. The molecule has 3 heterocycles. The number of piperidine rings is 1. The summed E-state index contributed by atoms with van der Waals surface area (Å²) >= 11 is 0. The highest BCUT2D eigenvalue weighted by molar-refractivity contribution is 5.91. The zero-order valence-corrected chi connectivity index (χ0v) is 10.9. The summed E-state index contributed by atoms with van der Waals surface area (Å²) in [6, 6.07) is 5.52. The molecule has 1 atom stereocenters. The first-order valence-corrected chi connectivity index (χ1v) is 6.59. The van der Waals surface area contributed by atoms with Crippen LogP contribution in [0.1, 0.15) is 40.7 Å². The van der Waals surface area contributed by atoms with Crippen LogP contribution in [0.15, 0.2) is 28.9 Å². The lowest BCUT2D eigenvalue weighted by Crippen LogP contribution is -2.39. The molecule has 1 fully saturated rings. The normalized spacial score (nSPS) is 19.6. The fourth-order valence-corrected chi connectivity index (χ4v) is 2.61. The number of aryl methyl sites for hydroxylation is 1. The molecule has 1 aliphatic heterocycles. The van der Waals surface area contributed by atoms with Gasteiger partial charge in [-0.15, -0.1) is 0 Å². The minimum absolute atomic E-state index is 0.0260. The molecule has 1 aliphatic rings. The van der Waals surface area contributed by atoms with Gasteiger partial charge >= 0.3 is 0 Å². The third-order valence-electron chi connectivity index (χ3n) is 3.58. The number of furan rings is 1. The third kappa shape index (κ3) is 2.41. The van der Waals surface area contributed by atoms with Gasteiger partial charge in [0.15, 0.2) is 5.76 Å². The van der Waals surface area contributed by atoms with E-state index >= 15 is 0 Å². The van der Waals surface area contributed by atoms with Gasteiger partial charge in [0.2, 0.25) is 0 Å². The Morgan fingerprint density at radius 1 is 1.58 bits per heavy atom. The lowest BCUT2D eigenvalue weighted by atomic mass is 9.94. The monoisotopic (exact) mass is 259 g/mol. The van der Waals surface area contributed by atoms with Crippen molar-refractivity contribution in [1.29, 1.82) is 0 Å². The van der Waals surface area contributed by atoms with Crippen molar-refractivity contribution in [2.45, 2.75) is 25.7 Å². The second-order valence-electron chi connectivity index (χ2n) is 5.04. The van der Waals surface area contributed by atoms with Crippen molar-refractivity contribution in [2.24, 2.45) is 0 Å².